The molecule has 6 aromatic rings. The molecule has 15 heteroatoms. The summed E-state index contributed by atoms with van der Waals surface area (Å²) < 4.78 is 63.2. The van der Waals surface area contributed by atoms with Gasteiger partial charge in [0.2, 0.25) is 5.75 Å². The molecule has 0 heterocycles. The van der Waals surface area contributed by atoms with Crippen molar-refractivity contribution in [1.29, 1.82) is 0 Å². The standard InChI is InChI=1S/C24H28N2O2.C14H23N.C11H6F3NO5S/c1-16(2)14-19-9-7-10-20(15-17(3)4)23(19)25-24-21-11-6-5-8-18(21)12-13-22(24)26(27)28;1-10(2)8-12-6-5-7-13(14(12)15)9-11(3)4;12-11(13,14)21(18,19)20-10-8-4-2-1-3-7(8)5-6-9(10)15(16)17/h5-13,16-17,25H,14-15H2,1-4H3;5-7,10-11H,8-9,15H2,1-4H3;1-6H. The van der Waals surface area contributed by atoms with Crippen molar-refractivity contribution in [3.63, 3.8) is 0 Å². The number of nitrogens with one attached hydrogen (secondary N) is 1. The molecule has 0 radical (unpaired) electrons. The van der Waals surface area contributed by atoms with Crippen LogP contribution in [0.2, 0.25) is 0 Å². The molecule has 0 bridgehead atoms. The van der Waals surface area contributed by atoms with Gasteiger partial charge in [-0.15, -0.1) is 0 Å². The summed E-state index contributed by atoms with van der Waals surface area (Å²) >= 11 is 0. The maximum Gasteiger partial charge on any atom is 0.534 e. The van der Waals surface area contributed by atoms with Crippen LogP contribution >= 0.6 is 0 Å². The van der Waals surface area contributed by atoms with Crippen LogP contribution in [-0.4, -0.2) is 23.8 Å². The first kappa shape index (κ1) is 50.4. The maximum absolute atomic E-state index is 12.4. The predicted octanol–water partition coefficient (Wildman–Crippen LogP) is 13.5. The minimum atomic E-state index is -6.00. The Morgan fingerprint density at radius 2 is 0.953 bits per heavy atom. The van der Waals surface area contributed by atoms with Crippen LogP contribution in [-0.2, 0) is 35.8 Å². The quantitative estimate of drug-likeness (QED) is 0.0355. The van der Waals surface area contributed by atoms with Gasteiger partial charge in [-0.3, -0.25) is 20.2 Å². The van der Waals surface area contributed by atoms with Gasteiger partial charge in [-0.05, 0) is 94.5 Å². The summed E-state index contributed by atoms with van der Waals surface area (Å²) in [6, 6.07) is 31.8. The fourth-order valence-corrected chi connectivity index (χ4v) is 7.71. The highest BCUT2D eigenvalue weighted by Crippen LogP contribution is 2.40. The Morgan fingerprint density at radius 1 is 0.562 bits per heavy atom. The van der Waals surface area contributed by atoms with E-state index in [0.717, 1.165) is 53.9 Å². The molecule has 0 saturated heterocycles. The van der Waals surface area contributed by atoms with Crippen LogP contribution in [0, 0.1) is 43.9 Å². The summed E-state index contributed by atoms with van der Waals surface area (Å²) in [6.07, 6.45) is 4.01. The van der Waals surface area contributed by atoms with Crippen molar-refractivity contribution in [3.05, 3.63) is 152 Å². The second kappa shape index (κ2) is 21.9. The Morgan fingerprint density at radius 3 is 1.39 bits per heavy atom. The van der Waals surface area contributed by atoms with Gasteiger partial charge in [-0.2, -0.15) is 21.6 Å². The molecule has 0 fully saturated rings. The molecular weight excluding hydrogens is 846 g/mol. The highest BCUT2D eigenvalue weighted by molar-refractivity contribution is 7.88. The van der Waals surface area contributed by atoms with Crippen LogP contribution in [0.3, 0.4) is 0 Å². The first-order chi connectivity index (χ1) is 30.0. The molecule has 0 aliphatic heterocycles. The lowest BCUT2D eigenvalue weighted by molar-refractivity contribution is -0.385. The number of nitrogens with zero attached hydrogens (tertiary/aromatic N) is 2. The summed E-state index contributed by atoms with van der Waals surface area (Å²) in [7, 11) is -6.00. The Bertz CT molecular complexity index is 2630. The zero-order valence-corrected chi connectivity index (χ0v) is 38.2. The lowest BCUT2D eigenvalue weighted by Crippen LogP contribution is -2.28. The fraction of sp³-hybridized carbons (Fsp3) is 0.347. The number of hydrogen-bond donors (Lipinski definition) is 2. The molecule has 3 N–H and O–H groups in total. The lowest BCUT2D eigenvalue weighted by Gasteiger charge is -2.20. The van der Waals surface area contributed by atoms with Crippen LogP contribution in [0.25, 0.3) is 21.5 Å². The van der Waals surface area contributed by atoms with Crippen molar-refractivity contribution < 1.29 is 35.6 Å². The number of nitrogens with two attached hydrogens (primary N) is 1. The zero-order chi connectivity index (χ0) is 47.5. The van der Waals surface area contributed by atoms with E-state index in [-0.39, 0.29) is 16.0 Å². The number of halogens is 3. The predicted molar refractivity (Wildman–Crippen MR) is 252 cm³/mol. The Balaban J connectivity index is 0.000000221. The van der Waals surface area contributed by atoms with E-state index in [1.54, 1.807) is 6.07 Å². The van der Waals surface area contributed by atoms with Gasteiger partial charge in [0.1, 0.15) is 5.69 Å². The van der Waals surface area contributed by atoms with Gasteiger partial charge < -0.3 is 15.2 Å². The van der Waals surface area contributed by atoms with Crippen LogP contribution in [0.4, 0.5) is 41.6 Å². The number of benzene rings is 6. The molecular formula is C49H57F3N4O7S. The third-order valence-electron chi connectivity index (χ3n) is 9.92. The molecule has 0 amide bonds. The molecule has 0 saturated carbocycles. The largest absolute Gasteiger partial charge is 0.534 e. The molecule has 0 aromatic heterocycles. The molecule has 11 nitrogen and oxygen atoms in total. The summed E-state index contributed by atoms with van der Waals surface area (Å²) in [4.78, 5) is 21.3. The smallest absolute Gasteiger partial charge is 0.398 e. The van der Waals surface area contributed by atoms with E-state index in [1.165, 1.54) is 52.6 Å². The normalized spacial score (nSPS) is 11.7. The number of hydrogen-bond acceptors (Lipinski definition) is 9. The number of nitro groups is 2. The van der Waals surface area contributed by atoms with E-state index in [1.807, 2.05) is 30.3 Å². The average Bonchev–Trinajstić information content (AvgIpc) is 3.20. The van der Waals surface area contributed by atoms with Crippen molar-refractivity contribution in [2.24, 2.45) is 23.7 Å². The molecule has 0 spiro atoms. The first-order valence-corrected chi connectivity index (χ1v) is 22.5. The van der Waals surface area contributed by atoms with E-state index in [0.29, 0.717) is 34.7 Å². The Hall–Kier alpha value is -6.22. The lowest BCUT2D eigenvalue weighted by atomic mass is 9.94. The second-order valence-electron chi connectivity index (χ2n) is 17.3. The number of alkyl halides is 3. The highest BCUT2D eigenvalue weighted by atomic mass is 32.2. The molecule has 6 aromatic carbocycles. The number of rotatable bonds is 14. The molecule has 0 aliphatic carbocycles. The molecule has 0 unspecified atom stereocenters. The van der Waals surface area contributed by atoms with Gasteiger partial charge in [-0.1, -0.05) is 140 Å². The monoisotopic (exact) mass is 902 g/mol. The molecule has 64 heavy (non-hydrogen) atoms. The number of nitro benzene ring substituents is 2. The van der Waals surface area contributed by atoms with Crippen LogP contribution in [0.15, 0.2) is 109 Å². The second-order valence-corrected chi connectivity index (χ2v) is 18.8. The number of para-hydroxylation sites is 2. The van der Waals surface area contributed by atoms with Crippen molar-refractivity contribution >= 4 is 60.1 Å². The molecule has 0 atom stereocenters. The highest BCUT2D eigenvalue weighted by Gasteiger charge is 2.49. The fourth-order valence-electron chi connectivity index (χ4n) is 7.22. The van der Waals surface area contributed by atoms with Crippen molar-refractivity contribution in [3.8, 4) is 5.75 Å². The van der Waals surface area contributed by atoms with E-state index < -0.39 is 32.0 Å². The van der Waals surface area contributed by atoms with Crippen molar-refractivity contribution in [2.75, 3.05) is 11.1 Å². The topological polar surface area (TPSA) is 168 Å². The minimum Gasteiger partial charge on any atom is -0.398 e. The van der Waals surface area contributed by atoms with Gasteiger partial charge in [0.05, 0.1) is 9.85 Å². The summed E-state index contributed by atoms with van der Waals surface area (Å²) in [6.45, 7) is 17.7. The molecule has 6 rings (SSSR count). The van der Waals surface area contributed by atoms with Crippen LogP contribution < -0.4 is 15.2 Å². The number of fused-ring (bicyclic) bond motifs is 2. The maximum atomic E-state index is 12.4. The summed E-state index contributed by atoms with van der Waals surface area (Å²) in [5, 5.41) is 28.1. The zero-order valence-electron chi connectivity index (χ0n) is 37.4. The minimum absolute atomic E-state index is 0.105. The average molecular weight is 903 g/mol. The van der Waals surface area contributed by atoms with Crippen LogP contribution in [0.5, 0.6) is 5.75 Å². The number of nitrogen functional groups attached to an aromatic ring is 1. The number of anilines is 3. The van der Waals surface area contributed by atoms with Crippen molar-refractivity contribution in [1.82, 2.24) is 0 Å². The summed E-state index contributed by atoms with van der Waals surface area (Å²) in [5.41, 5.74) is 7.36. The molecule has 342 valence electrons. The van der Waals surface area contributed by atoms with Gasteiger partial charge in [0.15, 0.2) is 0 Å². The van der Waals surface area contributed by atoms with E-state index in [2.05, 4.69) is 101 Å². The van der Waals surface area contributed by atoms with E-state index in [9.17, 15) is 41.8 Å². The first-order valence-electron chi connectivity index (χ1n) is 21.1. The van der Waals surface area contributed by atoms with E-state index in [4.69, 9.17) is 5.73 Å². The summed E-state index contributed by atoms with van der Waals surface area (Å²) in [5.74, 6) is 1.37. The third kappa shape index (κ3) is 13.4. The Kier molecular flexibility index (Phi) is 17.3. The van der Waals surface area contributed by atoms with Gasteiger partial charge in [0, 0.05) is 34.3 Å². The van der Waals surface area contributed by atoms with Gasteiger partial charge in [-0.25, -0.2) is 0 Å². The molecule has 0 aliphatic rings. The van der Waals surface area contributed by atoms with Gasteiger partial charge >= 0.3 is 21.3 Å². The Labute approximate surface area is 373 Å². The third-order valence-corrected chi connectivity index (χ3v) is 10.9. The van der Waals surface area contributed by atoms with Crippen molar-refractivity contribution in [2.45, 2.75) is 86.6 Å². The van der Waals surface area contributed by atoms with E-state index >= 15 is 0 Å². The SMILES string of the molecule is CC(C)Cc1cccc(CC(C)C)c1N.CC(C)Cc1cccc(CC(C)C)c1Nc1c([N+](=O)[O-])ccc2ccccc12.O=[N+]([O-])c1ccc2ccccc2c1OS(=O)(=O)C(F)(F)F. The van der Waals surface area contributed by atoms with Gasteiger partial charge in [0.25, 0.3) is 5.69 Å². The van der Waals surface area contributed by atoms with Crippen LogP contribution in [0.1, 0.15) is 77.6 Å².